The maximum atomic E-state index is 12.9. The largest absolute Gasteiger partial charge is 0.394 e. The highest BCUT2D eigenvalue weighted by Gasteiger charge is 2.44. The average Bonchev–Trinajstić information content (AvgIpc) is 3.16. The first kappa shape index (κ1) is 49.7. The Hall–Kier alpha value is -1.33. The molecule has 0 radical (unpaired) electrons. The van der Waals surface area contributed by atoms with Gasteiger partial charge in [0, 0.05) is 6.42 Å². The lowest BCUT2D eigenvalue weighted by molar-refractivity contribution is -0.302. The number of ether oxygens (including phenoxy) is 2. The molecule has 0 aromatic heterocycles. The van der Waals surface area contributed by atoms with Crippen LogP contribution in [-0.4, -0.2) is 87.5 Å². The van der Waals surface area contributed by atoms with E-state index >= 15 is 0 Å². The zero-order chi connectivity index (χ0) is 38.8. The molecule has 1 fully saturated rings. The van der Waals surface area contributed by atoms with Crippen LogP contribution < -0.4 is 5.32 Å². The van der Waals surface area contributed by atoms with E-state index in [0.717, 1.165) is 64.2 Å². The quantitative estimate of drug-likeness (QED) is 0.0275. The fourth-order valence-electron chi connectivity index (χ4n) is 6.95. The molecule has 1 heterocycles. The van der Waals surface area contributed by atoms with Gasteiger partial charge < -0.3 is 40.3 Å². The van der Waals surface area contributed by atoms with Crippen molar-refractivity contribution < 1.29 is 39.8 Å². The summed E-state index contributed by atoms with van der Waals surface area (Å²) < 4.78 is 11.2. The summed E-state index contributed by atoms with van der Waals surface area (Å²) in [5.74, 6) is -0.159. The number of carbonyl (C=O) groups is 1. The van der Waals surface area contributed by atoms with Crippen LogP contribution in [0.25, 0.3) is 0 Å². The molecule has 312 valence electrons. The van der Waals surface area contributed by atoms with Crippen LogP contribution >= 0.6 is 0 Å². The molecule has 0 aliphatic carbocycles. The third-order valence-electron chi connectivity index (χ3n) is 10.6. The minimum atomic E-state index is -1.55. The van der Waals surface area contributed by atoms with Gasteiger partial charge in [-0.1, -0.05) is 167 Å². The van der Waals surface area contributed by atoms with Crippen LogP contribution in [0.15, 0.2) is 24.3 Å². The maximum Gasteiger partial charge on any atom is 0.220 e. The first-order chi connectivity index (χ1) is 25.8. The molecule has 7 unspecified atom stereocenters. The summed E-state index contributed by atoms with van der Waals surface area (Å²) in [5, 5.41) is 54.2. The first-order valence-corrected chi connectivity index (χ1v) is 22.0. The molecule has 0 bridgehead atoms. The normalized spacial score (nSPS) is 21.8. The van der Waals surface area contributed by atoms with E-state index in [9.17, 15) is 30.3 Å². The second kappa shape index (κ2) is 35.1. The van der Waals surface area contributed by atoms with Gasteiger partial charge in [-0.25, -0.2) is 0 Å². The van der Waals surface area contributed by atoms with Crippen LogP contribution in [0.3, 0.4) is 0 Å². The van der Waals surface area contributed by atoms with Crippen molar-refractivity contribution in [2.24, 2.45) is 0 Å². The third kappa shape index (κ3) is 26.2. The molecule has 1 aliphatic rings. The minimum absolute atomic E-state index is 0.142. The molecule has 1 rings (SSSR count). The number of rotatable bonds is 36. The van der Waals surface area contributed by atoms with Gasteiger partial charge in [0.05, 0.1) is 25.4 Å². The van der Waals surface area contributed by atoms with E-state index in [1.165, 1.54) is 103 Å². The van der Waals surface area contributed by atoms with Crippen molar-refractivity contribution in [3.8, 4) is 0 Å². The monoisotopic (exact) mass is 754 g/mol. The van der Waals surface area contributed by atoms with E-state index in [-0.39, 0.29) is 12.5 Å². The van der Waals surface area contributed by atoms with E-state index in [1.807, 2.05) is 0 Å². The van der Waals surface area contributed by atoms with Gasteiger partial charge in [0.1, 0.15) is 24.4 Å². The van der Waals surface area contributed by atoms with E-state index in [4.69, 9.17) is 9.47 Å². The number of unbranched alkanes of at least 4 members (excludes halogenated alkanes) is 22. The lowest BCUT2D eigenvalue weighted by Crippen LogP contribution is -2.60. The third-order valence-corrected chi connectivity index (χ3v) is 10.6. The van der Waals surface area contributed by atoms with Crippen molar-refractivity contribution >= 4 is 5.91 Å². The van der Waals surface area contributed by atoms with Crippen LogP contribution in [0, 0.1) is 0 Å². The topological polar surface area (TPSA) is 149 Å². The maximum absolute atomic E-state index is 12.9. The molecule has 1 saturated heterocycles. The van der Waals surface area contributed by atoms with Crippen molar-refractivity contribution in [2.75, 3.05) is 13.2 Å². The SMILES string of the molecule is CCCCCC/C=C\C/C=C\CCCCCCCC(=O)NC(COC1OC(CO)C(O)C(O)C1O)C(O)CCCCCCCCCCCCCCCC. The summed E-state index contributed by atoms with van der Waals surface area (Å²) in [6, 6.07) is -0.723. The summed E-state index contributed by atoms with van der Waals surface area (Å²) in [6.07, 6.45) is 33.2. The molecule has 0 saturated carbocycles. The number of allylic oxidation sites excluding steroid dienone is 4. The predicted molar refractivity (Wildman–Crippen MR) is 217 cm³/mol. The van der Waals surface area contributed by atoms with Crippen molar-refractivity contribution in [1.82, 2.24) is 5.32 Å². The van der Waals surface area contributed by atoms with E-state index in [0.29, 0.717) is 12.8 Å². The fraction of sp³-hybridized carbons (Fsp3) is 0.886. The minimum Gasteiger partial charge on any atom is -0.394 e. The Kier molecular flexibility index (Phi) is 32.9. The molecule has 6 N–H and O–H groups in total. The van der Waals surface area contributed by atoms with Gasteiger partial charge in [-0.2, -0.15) is 0 Å². The van der Waals surface area contributed by atoms with Gasteiger partial charge in [0.25, 0.3) is 0 Å². The van der Waals surface area contributed by atoms with Gasteiger partial charge >= 0.3 is 0 Å². The van der Waals surface area contributed by atoms with E-state index in [2.05, 4.69) is 43.5 Å². The Balaban J connectivity index is 2.37. The summed E-state index contributed by atoms with van der Waals surface area (Å²) >= 11 is 0. The molecule has 1 aliphatic heterocycles. The number of amides is 1. The van der Waals surface area contributed by atoms with Crippen molar-refractivity contribution in [1.29, 1.82) is 0 Å². The van der Waals surface area contributed by atoms with Gasteiger partial charge in [0.15, 0.2) is 6.29 Å². The lowest BCUT2D eigenvalue weighted by atomic mass is 9.99. The Bertz CT molecular complexity index is 883. The van der Waals surface area contributed by atoms with Crippen LogP contribution in [0.2, 0.25) is 0 Å². The van der Waals surface area contributed by atoms with E-state index < -0.39 is 49.5 Å². The van der Waals surface area contributed by atoms with Gasteiger partial charge in [-0.05, 0) is 44.9 Å². The van der Waals surface area contributed by atoms with Gasteiger partial charge in [-0.15, -0.1) is 0 Å². The fourth-order valence-corrected chi connectivity index (χ4v) is 6.95. The molecule has 53 heavy (non-hydrogen) atoms. The summed E-state index contributed by atoms with van der Waals surface area (Å²) in [5.41, 5.74) is 0. The predicted octanol–water partition coefficient (Wildman–Crippen LogP) is 8.72. The average molecular weight is 754 g/mol. The molecule has 1 amide bonds. The van der Waals surface area contributed by atoms with Crippen molar-refractivity contribution in [2.45, 2.75) is 236 Å². The molecule has 9 heteroatoms. The second-order valence-corrected chi connectivity index (χ2v) is 15.5. The van der Waals surface area contributed by atoms with Gasteiger partial charge in [-0.3, -0.25) is 4.79 Å². The molecular formula is C44H83NO8. The number of carbonyl (C=O) groups excluding carboxylic acids is 1. The molecule has 0 spiro atoms. The molecule has 0 aromatic rings. The molecule has 7 atom stereocenters. The highest BCUT2D eigenvalue weighted by Crippen LogP contribution is 2.23. The summed E-state index contributed by atoms with van der Waals surface area (Å²) in [4.78, 5) is 12.9. The standard InChI is InChI=1S/C44H83NO8/c1-3-5-7-9-11-13-15-17-19-20-22-24-26-28-30-32-34-40(48)45-37(36-52-44-43(51)42(50)41(49)39(35-46)53-44)38(47)33-31-29-27-25-23-21-18-16-14-12-10-8-6-4-2/h13,15,19-20,37-39,41-44,46-47,49-51H,3-12,14,16-18,21-36H2,1-2H3,(H,45,48)/b15-13-,20-19-. The smallest absolute Gasteiger partial charge is 0.220 e. The Labute approximate surface area is 324 Å². The second-order valence-electron chi connectivity index (χ2n) is 15.5. The summed E-state index contributed by atoms with van der Waals surface area (Å²) in [7, 11) is 0. The van der Waals surface area contributed by atoms with Gasteiger partial charge in [0.2, 0.25) is 5.91 Å². The highest BCUT2D eigenvalue weighted by molar-refractivity contribution is 5.76. The van der Waals surface area contributed by atoms with Crippen LogP contribution in [0.1, 0.15) is 194 Å². The van der Waals surface area contributed by atoms with Crippen LogP contribution in [-0.2, 0) is 14.3 Å². The Morgan fingerprint density at radius 2 is 1.11 bits per heavy atom. The Morgan fingerprint density at radius 1 is 0.642 bits per heavy atom. The van der Waals surface area contributed by atoms with Crippen LogP contribution in [0.4, 0.5) is 0 Å². The first-order valence-electron chi connectivity index (χ1n) is 22.0. The molecule has 0 aromatic carbocycles. The molecular weight excluding hydrogens is 670 g/mol. The number of hydrogen-bond acceptors (Lipinski definition) is 8. The number of aliphatic hydroxyl groups is 5. The lowest BCUT2D eigenvalue weighted by Gasteiger charge is -2.40. The number of hydrogen-bond donors (Lipinski definition) is 6. The Morgan fingerprint density at radius 3 is 1.64 bits per heavy atom. The zero-order valence-corrected chi connectivity index (χ0v) is 34.0. The number of aliphatic hydroxyl groups excluding tert-OH is 5. The van der Waals surface area contributed by atoms with Crippen LogP contribution in [0.5, 0.6) is 0 Å². The van der Waals surface area contributed by atoms with E-state index in [1.54, 1.807) is 0 Å². The highest BCUT2D eigenvalue weighted by atomic mass is 16.7. The zero-order valence-electron chi connectivity index (χ0n) is 34.0. The van der Waals surface area contributed by atoms with Crippen molar-refractivity contribution in [3.05, 3.63) is 24.3 Å². The number of nitrogens with one attached hydrogen (secondary N) is 1. The summed E-state index contributed by atoms with van der Waals surface area (Å²) in [6.45, 7) is 3.80. The van der Waals surface area contributed by atoms with Crippen molar-refractivity contribution in [3.63, 3.8) is 0 Å². The molecule has 9 nitrogen and oxygen atoms in total.